The van der Waals surface area contributed by atoms with E-state index < -0.39 is 17.5 Å². The fourth-order valence-electron chi connectivity index (χ4n) is 2.44. The van der Waals surface area contributed by atoms with Crippen LogP contribution in [0, 0.1) is 6.92 Å². The molecule has 2 N–H and O–H groups in total. The smallest absolute Gasteiger partial charge is 0.416 e. The second kappa shape index (κ2) is 6.42. The molecule has 0 fully saturated rings. The van der Waals surface area contributed by atoms with E-state index in [1.807, 2.05) is 13.0 Å². The molecule has 0 atom stereocenters. The molecule has 1 heterocycles. The minimum absolute atomic E-state index is 0.140. The van der Waals surface area contributed by atoms with Gasteiger partial charge in [-0.2, -0.15) is 13.2 Å². The van der Waals surface area contributed by atoms with E-state index in [9.17, 15) is 18.3 Å². The average Bonchev–Trinajstić information content (AvgIpc) is 3.06. The normalized spacial score (nSPS) is 11.5. The van der Waals surface area contributed by atoms with Gasteiger partial charge in [-0.1, -0.05) is 0 Å². The van der Waals surface area contributed by atoms with Gasteiger partial charge in [0.1, 0.15) is 12.1 Å². The maximum atomic E-state index is 12.8. The Morgan fingerprint density at radius 2 is 1.96 bits per heavy atom. The molecule has 0 saturated carbocycles. The first-order valence-electron chi connectivity index (χ1n) is 7.31. The molecule has 2 aromatic carbocycles. The first kappa shape index (κ1) is 16.7. The highest BCUT2D eigenvalue weighted by molar-refractivity contribution is 5.53. The lowest BCUT2D eigenvalue weighted by atomic mass is 10.1. The minimum atomic E-state index is -4.50. The van der Waals surface area contributed by atoms with Gasteiger partial charge in [-0.25, -0.2) is 4.68 Å². The predicted molar refractivity (Wildman–Crippen MR) is 84.3 cm³/mol. The molecule has 0 saturated heterocycles. The Bertz CT molecular complexity index is 878. The minimum Gasteiger partial charge on any atom is -0.508 e. The van der Waals surface area contributed by atoms with Crippen LogP contribution in [0.3, 0.4) is 0 Å². The second-order valence-corrected chi connectivity index (χ2v) is 5.50. The second-order valence-electron chi connectivity index (χ2n) is 5.50. The van der Waals surface area contributed by atoms with E-state index in [1.54, 1.807) is 12.1 Å². The van der Waals surface area contributed by atoms with Gasteiger partial charge in [0.2, 0.25) is 0 Å². The van der Waals surface area contributed by atoms with Crippen molar-refractivity contribution in [1.29, 1.82) is 0 Å². The zero-order valence-electron chi connectivity index (χ0n) is 13.1. The van der Waals surface area contributed by atoms with E-state index in [1.165, 1.54) is 17.1 Å². The van der Waals surface area contributed by atoms with Crippen LogP contribution in [-0.4, -0.2) is 25.3 Å². The summed E-state index contributed by atoms with van der Waals surface area (Å²) >= 11 is 0. The number of nitrogens with zero attached hydrogens (tertiary/aromatic N) is 4. The molecule has 0 aliphatic carbocycles. The van der Waals surface area contributed by atoms with Crippen LogP contribution in [0.25, 0.3) is 5.69 Å². The zero-order chi connectivity index (χ0) is 18.0. The summed E-state index contributed by atoms with van der Waals surface area (Å²) in [6.45, 7) is 2.01. The fourth-order valence-corrected chi connectivity index (χ4v) is 2.44. The first-order chi connectivity index (χ1) is 11.8. The molecule has 25 heavy (non-hydrogen) atoms. The molecule has 9 heteroatoms. The maximum Gasteiger partial charge on any atom is 0.416 e. The lowest BCUT2D eigenvalue weighted by Gasteiger charge is -2.12. The number of phenols is 1. The Hall–Kier alpha value is -3.10. The van der Waals surface area contributed by atoms with Crippen LogP contribution in [0.5, 0.6) is 5.75 Å². The quantitative estimate of drug-likeness (QED) is 0.756. The van der Waals surface area contributed by atoms with Gasteiger partial charge in [-0.05, 0) is 64.9 Å². The van der Waals surface area contributed by atoms with Crippen molar-refractivity contribution in [2.24, 2.45) is 0 Å². The molecule has 0 spiro atoms. The molecule has 0 unspecified atom stereocenters. The summed E-state index contributed by atoms with van der Waals surface area (Å²) in [6, 6.07) is 8.42. The first-order valence-corrected chi connectivity index (χ1v) is 7.31. The van der Waals surface area contributed by atoms with Crippen molar-refractivity contribution < 1.29 is 18.3 Å². The fraction of sp³-hybridized carbons (Fsp3) is 0.188. The van der Waals surface area contributed by atoms with Gasteiger partial charge in [0.25, 0.3) is 0 Å². The van der Waals surface area contributed by atoms with Gasteiger partial charge in [0.05, 0.1) is 11.3 Å². The van der Waals surface area contributed by atoms with Crippen LogP contribution in [0.1, 0.15) is 16.7 Å². The van der Waals surface area contributed by atoms with Gasteiger partial charge in [0.15, 0.2) is 0 Å². The van der Waals surface area contributed by atoms with Crippen LogP contribution in [0.15, 0.2) is 42.7 Å². The van der Waals surface area contributed by atoms with Crippen LogP contribution in [0.2, 0.25) is 0 Å². The van der Waals surface area contributed by atoms with Crippen molar-refractivity contribution in [3.8, 4) is 11.4 Å². The number of halogens is 3. The van der Waals surface area contributed by atoms with E-state index in [0.29, 0.717) is 11.6 Å². The van der Waals surface area contributed by atoms with Crippen molar-refractivity contribution in [2.45, 2.75) is 19.6 Å². The number of aromatic nitrogens is 4. The van der Waals surface area contributed by atoms with E-state index in [-0.39, 0.29) is 6.54 Å². The Labute approximate surface area is 140 Å². The molecule has 0 bridgehead atoms. The summed E-state index contributed by atoms with van der Waals surface area (Å²) in [6.07, 6.45) is -3.03. The summed E-state index contributed by atoms with van der Waals surface area (Å²) in [5, 5.41) is 23.5. The topological polar surface area (TPSA) is 75.9 Å². The van der Waals surface area contributed by atoms with Crippen molar-refractivity contribution in [1.82, 2.24) is 20.2 Å². The number of hydrogen-bond donors (Lipinski definition) is 2. The third-order valence-corrected chi connectivity index (χ3v) is 3.59. The summed E-state index contributed by atoms with van der Waals surface area (Å²) in [5.74, 6) is -0.420. The molecular formula is C16H14F3N5O. The number of aryl methyl sites for hydroxylation is 1. The Kier molecular flexibility index (Phi) is 4.30. The number of aromatic hydroxyl groups is 1. The molecule has 0 aliphatic rings. The largest absolute Gasteiger partial charge is 0.508 e. The Morgan fingerprint density at radius 3 is 2.60 bits per heavy atom. The third-order valence-electron chi connectivity index (χ3n) is 3.59. The summed E-state index contributed by atoms with van der Waals surface area (Å²) < 4.78 is 39.9. The standard InChI is InChI=1S/C16H14F3N5O/c1-10-4-13(2-3-15(10)24-9-21-22-23-24)20-8-11-5-12(16(17,18)19)7-14(25)6-11/h2-7,9,20,25H,8H2,1H3. The number of benzene rings is 2. The predicted octanol–water partition coefficient (Wildman–Crippen LogP) is 3.31. The molecule has 3 aromatic rings. The third kappa shape index (κ3) is 3.87. The molecule has 0 amide bonds. The number of phenolic OH excluding ortho intramolecular Hbond substituents is 1. The van der Waals surface area contributed by atoms with E-state index in [2.05, 4.69) is 20.8 Å². The van der Waals surface area contributed by atoms with E-state index >= 15 is 0 Å². The van der Waals surface area contributed by atoms with Crippen molar-refractivity contribution >= 4 is 5.69 Å². The summed E-state index contributed by atoms with van der Waals surface area (Å²) in [5.41, 5.74) is 1.87. The summed E-state index contributed by atoms with van der Waals surface area (Å²) in [7, 11) is 0. The van der Waals surface area contributed by atoms with E-state index in [4.69, 9.17) is 0 Å². The molecule has 0 aliphatic heterocycles. The van der Waals surface area contributed by atoms with Crippen molar-refractivity contribution in [3.63, 3.8) is 0 Å². The average molecular weight is 349 g/mol. The highest BCUT2D eigenvalue weighted by atomic mass is 19.4. The zero-order valence-corrected chi connectivity index (χ0v) is 13.1. The number of nitrogens with one attached hydrogen (secondary N) is 1. The molecule has 1 aromatic heterocycles. The molecule has 130 valence electrons. The van der Waals surface area contributed by atoms with Gasteiger partial charge >= 0.3 is 6.18 Å². The van der Waals surface area contributed by atoms with Crippen LogP contribution in [-0.2, 0) is 12.7 Å². The number of tetrazole rings is 1. The lowest BCUT2D eigenvalue weighted by Crippen LogP contribution is -2.07. The van der Waals surface area contributed by atoms with Gasteiger partial charge in [0, 0.05) is 12.2 Å². The number of hydrogen-bond acceptors (Lipinski definition) is 5. The SMILES string of the molecule is Cc1cc(NCc2cc(O)cc(C(F)(F)F)c2)ccc1-n1cnnn1. The Morgan fingerprint density at radius 1 is 1.16 bits per heavy atom. The van der Waals surface area contributed by atoms with E-state index in [0.717, 1.165) is 23.0 Å². The van der Waals surface area contributed by atoms with Gasteiger partial charge < -0.3 is 10.4 Å². The molecular weight excluding hydrogens is 335 g/mol. The number of anilines is 1. The summed E-state index contributed by atoms with van der Waals surface area (Å²) in [4.78, 5) is 0. The van der Waals surface area contributed by atoms with Gasteiger partial charge in [-0.15, -0.1) is 5.10 Å². The molecule has 0 radical (unpaired) electrons. The van der Waals surface area contributed by atoms with Crippen LogP contribution < -0.4 is 5.32 Å². The maximum absolute atomic E-state index is 12.8. The molecule has 3 rings (SSSR count). The number of rotatable bonds is 4. The highest BCUT2D eigenvalue weighted by Crippen LogP contribution is 2.32. The van der Waals surface area contributed by atoms with Crippen molar-refractivity contribution in [3.05, 3.63) is 59.4 Å². The highest BCUT2D eigenvalue weighted by Gasteiger charge is 2.31. The monoisotopic (exact) mass is 349 g/mol. The Balaban J connectivity index is 1.76. The lowest BCUT2D eigenvalue weighted by molar-refractivity contribution is -0.137. The van der Waals surface area contributed by atoms with Crippen LogP contribution in [0.4, 0.5) is 18.9 Å². The van der Waals surface area contributed by atoms with Gasteiger partial charge in [-0.3, -0.25) is 0 Å². The van der Waals surface area contributed by atoms with Crippen LogP contribution >= 0.6 is 0 Å². The molecule has 6 nitrogen and oxygen atoms in total. The number of alkyl halides is 3. The van der Waals surface area contributed by atoms with Crippen molar-refractivity contribution in [2.75, 3.05) is 5.32 Å².